The number of likely N-dealkylation sites (tertiary alicyclic amines) is 1. The first kappa shape index (κ1) is 25.5. The second kappa shape index (κ2) is 9.96. The molecule has 0 bridgehead atoms. The van der Waals surface area contributed by atoms with Gasteiger partial charge in [-0.1, -0.05) is 26.0 Å². The number of carbonyl (C=O) groups excluding carboxylic acids is 1. The van der Waals surface area contributed by atoms with Crippen LogP contribution in [0.3, 0.4) is 0 Å². The maximum absolute atomic E-state index is 13.8. The van der Waals surface area contributed by atoms with Crippen molar-refractivity contribution in [3.05, 3.63) is 58.7 Å². The third-order valence-corrected chi connectivity index (χ3v) is 7.41. The van der Waals surface area contributed by atoms with Gasteiger partial charge in [-0.25, -0.2) is 9.97 Å². The summed E-state index contributed by atoms with van der Waals surface area (Å²) in [6.07, 6.45) is 0.341. The zero-order chi connectivity index (χ0) is 26.3. The van der Waals surface area contributed by atoms with Crippen LogP contribution in [-0.4, -0.2) is 64.6 Å². The molecule has 4 heterocycles. The van der Waals surface area contributed by atoms with Gasteiger partial charge in [-0.05, 0) is 42.4 Å². The Labute approximate surface area is 214 Å². The summed E-state index contributed by atoms with van der Waals surface area (Å²) in [4.78, 5) is 26.9. The predicted molar refractivity (Wildman–Crippen MR) is 134 cm³/mol. The van der Waals surface area contributed by atoms with Crippen molar-refractivity contribution in [2.75, 3.05) is 44.3 Å². The Morgan fingerprint density at radius 1 is 1.14 bits per heavy atom. The molecule has 1 amide bonds. The van der Waals surface area contributed by atoms with Crippen LogP contribution < -0.4 is 4.90 Å². The Bertz CT molecular complexity index is 1290. The number of carbonyl (C=O) groups is 1. The lowest BCUT2D eigenvalue weighted by atomic mass is 9.91. The van der Waals surface area contributed by atoms with Crippen LogP contribution in [0.25, 0.3) is 5.78 Å². The van der Waals surface area contributed by atoms with Gasteiger partial charge < -0.3 is 14.5 Å². The van der Waals surface area contributed by atoms with Crippen LogP contribution in [0.2, 0.25) is 0 Å². The predicted octanol–water partition coefficient (Wildman–Crippen LogP) is 4.60. The standard InChI is InChI=1S/C27H32F3N5O2/c1-17-11-18(2)15-34(14-17)25(36)24-23(12-20-5-4-6-22(19(20)3)27(28,29)30)35-16-21(13-31-26(35)32-24)33-7-9-37-10-8-33/h4-6,13,16-18H,7-12,14-15H2,1-3H3. The molecule has 0 radical (unpaired) electrons. The highest BCUT2D eigenvalue weighted by Crippen LogP contribution is 2.34. The highest BCUT2D eigenvalue weighted by atomic mass is 19.4. The van der Waals surface area contributed by atoms with Gasteiger partial charge >= 0.3 is 6.18 Å². The summed E-state index contributed by atoms with van der Waals surface area (Å²) in [7, 11) is 0. The van der Waals surface area contributed by atoms with Crippen molar-refractivity contribution in [2.24, 2.45) is 11.8 Å². The van der Waals surface area contributed by atoms with E-state index in [-0.39, 0.29) is 23.6 Å². The lowest BCUT2D eigenvalue weighted by Crippen LogP contribution is -2.43. The molecule has 2 aliphatic heterocycles. The number of imidazole rings is 1. The van der Waals surface area contributed by atoms with Crippen LogP contribution in [0.5, 0.6) is 0 Å². The number of hydrogen-bond acceptors (Lipinski definition) is 5. The van der Waals surface area contributed by atoms with Crippen molar-refractivity contribution in [3.63, 3.8) is 0 Å². The van der Waals surface area contributed by atoms with Gasteiger partial charge in [0.2, 0.25) is 5.78 Å². The molecule has 7 nitrogen and oxygen atoms in total. The maximum atomic E-state index is 13.8. The average Bonchev–Trinajstić information content (AvgIpc) is 3.21. The van der Waals surface area contributed by atoms with Gasteiger partial charge in [-0.2, -0.15) is 13.2 Å². The van der Waals surface area contributed by atoms with E-state index in [0.29, 0.717) is 68.3 Å². The minimum atomic E-state index is -4.45. The maximum Gasteiger partial charge on any atom is 0.416 e. The van der Waals surface area contributed by atoms with E-state index < -0.39 is 11.7 Å². The summed E-state index contributed by atoms with van der Waals surface area (Å²) in [5.41, 5.74) is 1.65. The molecule has 2 fully saturated rings. The molecule has 37 heavy (non-hydrogen) atoms. The van der Waals surface area contributed by atoms with Crippen LogP contribution in [0, 0.1) is 18.8 Å². The van der Waals surface area contributed by atoms with Gasteiger partial charge in [0.05, 0.1) is 36.4 Å². The molecule has 2 saturated heterocycles. The number of nitrogens with zero attached hydrogens (tertiary/aromatic N) is 5. The molecular formula is C27H32F3N5O2. The van der Waals surface area contributed by atoms with Gasteiger partial charge in [0.25, 0.3) is 5.91 Å². The van der Waals surface area contributed by atoms with Crippen LogP contribution in [0.4, 0.5) is 18.9 Å². The number of piperidine rings is 1. The summed E-state index contributed by atoms with van der Waals surface area (Å²) in [5, 5.41) is 0. The largest absolute Gasteiger partial charge is 0.416 e. The van der Waals surface area contributed by atoms with E-state index >= 15 is 0 Å². The number of fused-ring (bicyclic) bond motifs is 1. The molecule has 2 aromatic heterocycles. The Hall–Kier alpha value is -3.14. The first-order valence-corrected chi connectivity index (χ1v) is 12.8. The average molecular weight is 516 g/mol. The number of anilines is 1. The number of ether oxygens (including phenoxy) is 1. The van der Waals surface area contributed by atoms with Crippen LogP contribution in [0.1, 0.15) is 53.1 Å². The van der Waals surface area contributed by atoms with Crippen molar-refractivity contribution in [3.8, 4) is 0 Å². The van der Waals surface area contributed by atoms with E-state index in [1.54, 1.807) is 16.7 Å². The number of hydrogen-bond donors (Lipinski definition) is 0. The number of alkyl halides is 3. The van der Waals surface area contributed by atoms with Crippen molar-refractivity contribution >= 4 is 17.4 Å². The number of halogens is 3. The smallest absolute Gasteiger partial charge is 0.378 e. The zero-order valence-corrected chi connectivity index (χ0v) is 21.4. The van der Waals surface area contributed by atoms with Gasteiger partial charge in [0.1, 0.15) is 0 Å². The highest BCUT2D eigenvalue weighted by Gasteiger charge is 2.34. The van der Waals surface area contributed by atoms with Gasteiger partial charge in [0, 0.05) is 38.8 Å². The Kier molecular flexibility index (Phi) is 6.87. The van der Waals surface area contributed by atoms with Crippen molar-refractivity contribution < 1.29 is 22.7 Å². The van der Waals surface area contributed by atoms with E-state index in [9.17, 15) is 18.0 Å². The molecule has 2 unspecified atom stereocenters. The molecular weight excluding hydrogens is 483 g/mol. The van der Waals surface area contributed by atoms with E-state index in [1.165, 1.54) is 13.0 Å². The number of morpholine rings is 1. The van der Waals surface area contributed by atoms with E-state index in [4.69, 9.17) is 4.74 Å². The fraction of sp³-hybridized carbons (Fsp3) is 0.519. The Morgan fingerprint density at radius 2 is 1.84 bits per heavy atom. The fourth-order valence-electron chi connectivity index (χ4n) is 5.64. The van der Waals surface area contributed by atoms with Gasteiger partial charge in [-0.3, -0.25) is 9.20 Å². The monoisotopic (exact) mass is 515 g/mol. The molecule has 0 aliphatic carbocycles. The van der Waals surface area contributed by atoms with Crippen molar-refractivity contribution in [1.29, 1.82) is 0 Å². The van der Waals surface area contributed by atoms with Crippen LogP contribution >= 0.6 is 0 Å². The fourth-order valence-corrected chi connectivity index (χ4v) is 5.64. The van der Waals surface area contributed by atoms with E-state index in [1.807, 2.05) is 11.1 Å². The molecule has 1 aromatic carbocycles. The molecule has 0 spiro atoms. The number of rotatable bonds is 4. The third-order valence-electron chi connectivity index (χ3n) is 7.41. The van der Waals surface area contributed by atoms with Crippen LogP contribution in [0.15, 0.2) is 30.6 Å². The number of aromatic nitrogens is 3. The minimum absolute atomic E-state index is 0.130. The number of amides is 1. The first-order chi connectivity index (χ1) is 17.6. The highest BCUT2D eigenvalue weighted by molar-refractivity contribution is 5.94. The minimum Gasteiger partial charge on any atom is -0.378 e. The normalized spacial score (nSPS) is 21.0. The molecule has 5 rings (SSSR count). The molecule has 198 valence electrons. The molecule has 0 saturated carbocycles. The molecule has 2 aliphatic rings. The van der Waals surface area contributed by atoms with Gasteiger partial charge in [-0.15, -0.1) is 0 Å². The van der Waals surface area contributed by atoms with Crippen LogP contribution in [-0.2, 0) is 17.3 Å². The second-order valence-corrected chi connectivity index (χ2v) is 10.4. The topological polar surface area (TPSA) is 63.0 Å². The SMILES string of the molecule is Cc1c(Cc2c(C(=O)N3CC(C)CC(C)C3)nc3ncc(N4CCOCC4)cn23)cccc1C(F)(F)F. The lowest BCUT2D eigenvalue weighted by molar-refractivity contribution is -0.138. The van der Waals surface area contributed by atoms with Gasteiger partial charge in [0.15, 0.2) is 5.69 Å². The lowest BCUT2D eigenvalue weighted by Gasteiger charge is -2.34. The molecule has 10 heteroatoms. The molecule has 3 aromatic rings. The van der Waals surface area contributed by atoms with Crippen molar-refractivity contribution in [1.82, 2.24) is 19.3 Å². The second-order valence-electron chi connectivity index (χ2n) is 10.4. The summed E-state index contributed by atoms with van der Waals surface area (Å²) in [6.45, 7) is 9.62. The molecule has 0 N–H and O–H groups in total. The molecule has 2 atom stereocenters. The summed E-state index contributed by atoms with van der Waals surface area (Å²) < 4.78 is 48.1. The zero-order valence-electron chi connectivity index (χ0n) is 21.4. The Balaban J connectivity index is 1.60. The quantitative estimate of drug-likeness (QED) is 0.508. The van der Waals surface area contributed by atoms with E-state index in [2.05, 4.69) is 28.7 Å². The summed E-state index contributed by atoms with van der Waals surface area (Å²) in [6, 6.07) is 4.19. The first-order valence-electron chi connectivity index (χ1n) is 12.8. The summed E-state index contributed by atoms with van der Waals surface area (Å²) >= 11 is 0. The number of benzene rings is 1. The third kappa shape index (κ3) is 5.16. The Morgan fingerprint density at radius 3 is 2.51 bits per heavy atom. The van der Waals surface area contributed by atoms with Crippen molar-refractivity contribution in [2.45, 2.75) is 39.8 Å². The summed E-state index contributed by atoms with van der Waals surface area (Å²) in [5.74, 6) is 0.893. The van der Waals surface area contributed by atoms with E-state index in [0.717, 1.165) is 18.2 Å².